The van der Waals surface area contributed by atoms with Crippen molar-refractivity contribution >= 4 is 24.1 Å². The van der Waals surface area contributed by atoms with Crippen molar-refractivity contribution in [3.63, 3.8) is 0 Å². The fraction of sp³-hybridized carbons (Fsp3) is 0.577. The van der Waals surface area contributed by atoms with Crippen molar-refractivity contribution in [2.24, 2.45) is 23.7 Å². The minimum Gasteiger partial charge on any atom is -0.478 e. The van der Waals surface area contributed by atoms with E-state index in [1.807, 2.05) is 78.8 Å². The van der Waals surface area contributed by atoms with E-state index < -0.39 is 17.5 Å². The Morgan fingerprint density at radius 2 is 1.57 bits per heavy atom. The molecule has 3 aliphatic heterocycles. The van der Waals surface area contributed by atoms with Gasteiger partial charge in [0, 0.05) is 23.7 Å². The number of carbonyl (C=O) groups excluding carboxylic acids is 1. The average molecular weight is 839 g/mol. The molecule has 9 nitrogen and oxygen atoms in total. The molecule has 2 aliphatic carbocycles. The van der Waals surface area contributed by atoms with Crippen LogP contribution in [0.4, 0.5) is 0 Å². The van der Waals surface area contributed by atoms with Gasteiger partial charge in [-0.1, -0.05) is 104 Å². The van der Waals surface area contributed by atoms with Crippen molar-refractivity contribution in [1.82, 2.24) is 0 Å². The minimum absolute atomic E-state index is 0.00459. The zero-order valence-corrected chi connectivity index (χ0v) is 38.1. The van der Waals surface area contributed by atoms with Crippen molar-refractivity contribution < 1.29 is 43.5 Å². The van der Waals surface area contributed by atoms with Gasteiger partial charge in [0.1, 0.15) is 6.10 Å². The standard InChI is InChI=1S/C26H36O5.C26H34O4/c1-16-14-18(3)23(25(28)29)20(15-16)9-7-11-22-24(31-26(4,5)30-22)17(2)12-13-19-8-6-10-21(19)27;1-16-14-18(3)23-20(15-16)9-7-11-22-24(30-26(4,5)29-22)17(2)12-13-19-8-6-10-21(19)28-25(23)27/h7,9,12-15,17,19,21-22,24,27H,6,8,10-11H2,1-5H3,(H,28,29);7,9,12-15,17,19,21-22,24H,6,8,10-11H2,1-5H3/b2*9-7+,13-12-/t2*17?,19-,21+,22-,24+/m00/s1. The molecule has 2 aromatic rings. The van der Waals surface area contributed by atoms with Crippen LogP contribution in [0.1, 0.15) is 147 Å². The van der Waals surface area contributed by atoms with E-state index in [0.717, 1.165) is 72.8 Å². The van der Waals surface area contributed by atoms with Gasteiger partial charge in [-0.15, -0.1) is 0 Å². The van der Waals surface area contributed by atoms with Crippen LogP contribution >= 0.6 is 0 Å². The van der Waals surface area contributed by atoms with Gasteiger partial charge >= 0.3 is 11.9 Å². The third-order valence-corrected chi connectivity index (χ3v) is 12.9. The number of aliphatic hydroxyl groups is 1. The minimum atomic E-state index is -0.913. The average Bonchev–Trinajstić information content (AvgIpc) is 3.93. The van der Waals surface area contributed by atoms with E-state index in [1.54, 1.807) is 0 Å². The van der Waals surface area contributed by atoms with E-state index in [1.165, 1.54) is 0 Å². The quantitative estimate of drug-likeness (QED) is 0.207. The molecular formula is C52H70O9. The Morgan fingerprint density at radius 1 is 0.869 bits per heavy atom. The number of hydrogen-bond acceptors (Lipinski definition) is 8. The Hall–Kier alpha value is -3.86. The van der Waals surface area contributed by atoms with Crippen LogP contribution in [0, 0.1) is 51.4 Å². The molecule has 4 fully saturated rings. The highest BCUT2D eigenvalue weighted by atomic mass is 16.8. The number of esters is 1. The number of carbonyl (C=O) groups is 2. The summed E-state index contributed by atoms with van der Waals surface area (Å²) >= 11 is 0. The summed E-state index contributed by atoms with van der Waals surface area (Å²) < 4.78 is 30.9. The molecule has 332 valence electrons. The maximum Gasteiger partial charge on any atom is 0.339 e. The summed E-state index contributed by atoms with van der Waals surface area (Å²) in [6.07, 6.45) is 23.6. The fourth-order valence-corrected chi connectivity index (χ4v) is 10.0. The van der Waals surface area contributed by atoms with Crippen LogP contribution in [0.2, 0.25) is 0 Å². The molecule has 2 unspecified atom stereocenters. The molecule has 10 atom stereocenters. The molecule has 0 bridgehead atoms. The normalized spacial score (nSPS) is 32.3. The third kappa shape index (κ3) is 11.8. The molecule has 61 heavy (non-hydrogen) atoms. The van der Waals surface area contributed by atoms with Gasteiger partial charge in [-0.05, 0) is 123 Å². The lowest BCUT2D eigenvalue weighted by atomic mass is 9.93. The number of hydrogen-bond donors (Lipinski definition) is 2. The molecule has 2 N–H and O–H groups in total. The second-order valence-electron chi connectivity index (χ2n) is 19.1. The van der Waals surface area contributed by atoms with E-state index in [2.05, 4.69) is 63.3 Å². The summed E-state index contributed by atoms with van der Waals surface area (Å²) in [4.78, 5) is 24.9. The molecule has 5 aliphatic rings. The van der Waals surface area contributed by atoms with Crippen molar-refractivity contribution in [2.75, 3.05) is 0 Å². The number of aromatic carboxylic acids is 1. The monoisotopic (exact) mass is 839 g/mol. The lowest BCUT2D eigenvalue weighted by Gasteiger charge is -2.23. The Bertz CT molecular complexity index is 2000. The van der Waals surface area contributed by atoms with Crippen molar-refractivity contribution in [3.05, 3.63) is 105 Å². The number of rotatable bonds is 7. The lowest BCUT2D eigenvalue weighted by molar-refractivity contribution is -0.148. The summed E-state index contributed by atoms with van der Waals surface area (Å²) in [7, 11) is 0. The Morgan fingerprint density at radius 3 is 2.30 bits per heavy atom. The first-order valence-corrected chi connectivity index (χ1v) is 22.6. The van der Waals surface area contributed by atoms with Gasteiger partial charge in [0.25, 0.3) is 0 Å². The molecule has 2 aromatic carbocycles. The summed E-state index contributed by atoms with van der Waals surface area (Å²) in [6, 6.07) is 7.91. The summed E-state index contributed by atoms with van der Waals surface area (Å²) in [6.45, 7) is 20.0. The lowest BCUT2D eigenvalue weighted by Crippen LogP contribution is -2.29. The van der Waals surface area contributed by atoms with Gasteiger partial charge in [-0.25, -0.2) is 9.59 Å². The first-order valence-electron chi connectivity index (χ1n) is 22.6. The summed E-state index contributed by atoms with van der Waals surface area (Å²) in [5, 5.41) is 19.7. The molecule has 0 radical (unpaired) electrons. The predicted octanol–water partition coefficient (Wildman–Crippen LogP) is 11.0. The molecule has 7 rings (SSSR count). The van der Waals surface area contributed by atoms with Crippen molar-refractivity contribution in [3.8, 4) is 0 Å². The highest BCUT2D eigenvalue weighted by molar-refractivity contribution is 5.95. The van der Waals surface area contributed by atoms with Crippen LogP contribution < -0.4 is 0 Å². The van der Waals surface area contributed by atoms with Crippen molar-refractivity contribution in [1.29, 1.82) is 0 Å². The summed E-state index contributed by atoms with van der Waals surface area (Å²) in [5.41, 5.74) is 6.55. The molecule has 9 heteroatoms. The van der Waals surface area contributed by atoms with Gasteiger partial charge in [0.15, 0.2) is 11.6 Å². The van der Waals surface area contributed by atoms with E-state index in [0.29, 0.717) is 23.1 Å². The number of aliphatic hydroxyl groups excluding tert-OH is 1. The Balaban J connectivity index is 0.000000204. The largest absolute Gasteiger partial charge is 0.478 e. The van der Waals surface area contributed by atoms with Crippen LogP contribution in [0.3, 0.4) is 0 Å². The SMILES string of the molecule is Cc1cc(C)c(C(=O)O)c(/C=C/C[C@@H]2OC(C)(C)O[C@@H]2C(C)/C=C\[C@@H]2CCC[C@H]2O)c1.Cc1cc(C)c2c(c1)/C=C/C[C@@H]1OC(C)(C)O[C@@H]1C(C)/C=C\[C@@H]1CCC[C@H]1OC2=O. The van der Waals surface area contributed by atoms with Gasteiger partial charge < -0.3 is 33.9 Å². The molecule has 0 spiro atoms. The second kappa shape index (κ2) is 19.7. The van der Waals surface area contributed by atoms with Crippen molar-refractivity contribution in [2.45, 2.75) is 169 Å². The maximum atomic E-state index is 13.2. The second-order valence-corrected chi connectivity index (χ2v) is 19.1. The zero-order chi connectivity index (χ0) is 44.2. The number of carboxylic acids is 1. The maximum absolute atomic E-state index is 13.2. The van der Waals surface area contributed by atoms with Gasteiger partial charge in [-0.2, -0.15) is 0 Å². The topological polar surface area (TPSA) is 121 Å². The number of aryl methyl sites for hydroxylation is 4. The van der Waals surface area contributed by atoms with Crippen LogP contribution in [-0.2, 0) is 23.7 Å². The van der Waals surface area contributed by atoms with Gasteiger partial charge in [-0.3, -0.25) is 0 Å². The number of benzene rings is 2. The van der Waals surface area contributed by atoms with E-state index in [9.17, 15) is 19.8 Å². The highest BCUT2D eigenvalue weighted by Gasteiger charge is 2.44. The Kier molecular flexibility index (Phi) is 15.0. The van der Waals surface area contributed by atoms with Crippen LogP contribution in [0.5, 0.6) is 0 Å². The summed E-state index contributed by atoms with van der Waals surface area (Å²) in [5.74, 6) is -1.51. The number of fused-ring (bicyclic) bond motifs is 3. The van der Waals surface area contributed by atoms with Gasteiger partial charge in [0.2, 0.25) is 0 Å². The zero-order valence-electron chi connectivity index (χ0n) is 38.1. The number of carboxylic acid groups (broad SMARTS) is 1. The predicted molar refractivity (Wildman–Crippen MR) is 240 cm³/mol. The number of ether oxygens (including phenoxy) is 5. The van der Waals surface area contributed by atoms with E-state index >= 15 is 0 Å². The van der Waals surface area contributed by atoms with Crippen LogP contribution in [0.25, 0.3) is 12.2 Å². The Labute approximate surface area is 364 Å². The van der Waals surface area contributed by atoms with Gasteiger partial charge in [0.05, 0.1) is 41.6 Å². The highest BCUT2D eigenvalue weighted by Crippen LogP contribution is 2.38. The molecular weight excluding hydrogens is 769 g/mol. The first-order chi connectivity index (χ1) is 28.8. The smallest absolute Gasteiger partial charge is 0.339 e. The third-order valence-electron chi connectivity index (χ3n) is 12.9. The molecule has 3 heterocycles. The molecule has 2 saturated heterocycles. The molecule has 0 aromatic heterocycles. The van der Waals surface area contributed by atoms with E-state index in [4.69, 9.17) is 23.7 Å². The first kappa shape index (κ1) is 46.6. The van der Waals surface area contributed by atoms with E-state index in [-0.39, 0.29) is 66.3 Å². The fourth-order valence-electron chi connectivity index (χ4n) is 10.0. The van der Waals surface area contributed by atoms with Crippen LogP contribution in [0.15, 0.2) is 60.7 Å². The molecule has 0 amide bonds. The molecule has 2 saturated carbocycles. The van der Waals surface area contributed by atoms with Crippen LogP contribution in [-0.4, -0.2) is 70.3 Å².